The van der Waals surface area contributed by atoms with E-state index in [4.69, 9.17) is 0 Å². The van der Waals surface area contributed by atoms with E-state index in [-0.39, 0.29) is 18.7 Å². The second-order valence-corrected chi connectivity index (χ2v) is 4.15. The molecule has 1 heterocycles. The topological polar surface area (TPSA) is 29.9 Å². The van der Waals surface area contributed by atoms with Crippen molar-refractivity contribution in [3.8, 4) is 0 Å². The summed E-state index contributed by atoms with van der Waals surface area (Å²) in [7, 11) is 0. The minimum Gasteiger partial charge on any atom is -0.366 e. The molecule has 0 aliphatic carbocycles. The Bertz CT molecular complexity index is 566. The lowest BCUT2D eigenvalue weighted by molar-refractivity contribution is 0.429. The summed E-state index contributed by atoms with van der Waals surface area (Å²) in [5, 5.41) is 6.96. The van der Waals surface area contributed by atoms with E-state index in [1.54, 1.807) is 6.20 Å². The highest BCUT2D eigenvalue weighted by Crippen LogP contribution is 2.17. The summed E-state index contributed by atoms with van der Waals surface area (Å²) in [6.45, 7) is 1.51. The maximum Gasteiger partial charge on any atom is 0.163 e. The molecule has 0 radical (unpaired) electrons. The molecule has 1 N–H and O–H groups in total. The number of alkyl halides is 1. The van der Waals surface area contributed by atoms with Crippen molar-refractivity contribution in [2.24, 2.45) is 0 Å². The molecule has 0 fully saturated rings. The first-order valence-electron chi connectivity index (χ1n) is 5.88. The third kappa shape index (κ3) is 2.89. The zero-order valence-electron chi connectivity index (χ0n) is 10.5. The number of nitrogens with one attached hydrogen (secondary N) is 1. The molecule has 0 unspecified atom stereocenters. The van der Waals surface area contributed by atoms with Crippen LogP contribution in [0.4, 0.5) is 19.0 Å². The Hall–Kier alpha value is -1.98. The van der Waals surface area contributed by atoms with Crippen LogP contribution >= 0.6 is 0 Å². The average Bonchev–Trinajstić information content (AvgIpc) is 2.73. The van der Waals surface area contributed by atoms with Crippen molar-refractivity contribution in [2.75, 3.05) is 12.0 Å². The van der Waals surface area contributed by atoms with Crippen LogP contribution in [0.2, 0.25) is 0 Å². The van der Waals surface area contributed by atoms with Crippen LogP contribution in [-0.4, -0.2) is 16.5 Å². The van der Waals surface area contributed by atoms with Crippen molar-refractivity contribution in [3.63, 3.8) is 0 Å². The summed E-state index contributed by atoms with van der Waals surface area (Å²) < 4.78 is 40.4. The van der Waals surface area contributed by atoms with Gasteiger partial charge in [-0.1, -0.05) is 12.1 Å². The van der Waals surface area contributed by atoms with Crippen molar-refractivity contribution >= 4 is 5.82 Å². The molecule has 0 amide bonds. The van der Waals surface area contributed by atoms with Gasteiger partial charge in [-0.25, -0.2) is 17.9 Å². The quantitative estimate of drug-likeness (QED) is 0.904. The highest BCUT2D eigenvalue weighted by Gasteiger charge is 2.10. The Morgan fingerprint density at radius 3 is 2.84 bits per heavy atom. The van der Waals surface area contributed by atoms with Crippen LogP contribution < -0.4 is 5.32 Å². The smallest absolute Gasteiger partial charge is 0.163 e. The average molecular weight is 269 g/mol. The predicted molar refractivity (Wildman–Crippen MR) is 66.6 cm³/mol. The number of nitrogens with zero attached hydrogens (tertiary/aromatic N) is 2. The van der Waals surface area contributed by atoms with Gasteiger partial charge < -0.3 is 5.32 Å². The maximum absolute atomic E-state index is 13.5. The molecule has 1 aromatic carbocycles. The minimum atomic E-state index is -0.881. The first kappa shape index (κ1) is 13.5. The first-order valence-corrected chi connectivity index (χ1v) is 5.88. The van der Waals surface area contributed by atoms with Crippen LogP contribution in [0.1, 0.15) is 11.1 Å². The van der Waals surface area contributed by atoms with E-state index in [2.05, 4.69) is 10.4 Å². The normalized spacial score (nSPS) is 10.7. The van der Waals surface area contributed by atoms with Gasteiger partial charge in [0, 0.05) is 17.7 Å². The van der Waals surface area contributed by atoms with Gasteiger partial charge in [0.2, 0.25) is 0 Å². The molecule has 0 atom stereocenters. The largest absolute Gasteiger partial charge is 0.366 e. The zero-order valence-corrected chi connectivity index (χ0v) is 10.5. The summed E-state index contributed by atoms with van der Waals surface area (Å²) >= 11 is 0. The van der Waals surface area contributed by atoms with Crippen molar-refractivity contribution < 1.29 is 13.2 Å². The molecule has 0 saturated heterocycles. The van der Waals surface area contributed by atoms with Crippen molar-refractivity contribution in [1.29, 1.82) is 0 Å². The highest BCUT2D eigenvalue weighted by atomic mass is 19.2. The number of benzene rings is 1. The summed E-state index contributed by atoms with van der Waals surface area (Å²) in [5.74, 6) is -1.14. The number of rotatable bonds is 5. The van der Waals surface area contributed by atoms with Gasteiger partial charge in [-0.3, -0.25) is 0 Å². The van der Waals surface area contributed by atoms with E-state index in [0.717, 1.165) is 11.6 Å². The van der Waals surface area contributed by atoms with Gasteiger partial charge >= 0.3 is 0 Å². The Kier molecular flexibility index (Phi) is 4.09. The molecule has 2 aromatic rings. The van der Waals surface area contributed by atoms with E-state index in [1.165, 1.54) is 16.8 Å². The second-order valence-electron chi connectivity index (χ2n) is 4.15. The van der Waals surface area contributed by atoms with Crippen LogP contribution in [0, 0.1) is 18.6 Å². The number of halogens is 3. The Morgan fingerprint density at radius 2 is 2.11 bits per heavy atom. The van der Waals surface area contributed by atoms with Gasteiger partial charge in [0.25, 0.3) is 0 Å². The van der Waals surface area contributed by atoms with Crippen LogP contribution in [0.3, 0.4) is 0 Å². The van der Waals surface area contributed by atoms with Crippen molar-refractivity contribution in [3.05, 3.63) is 47.2 Å². The molecule has 19 heavy (non-hydrogen) atoms. The number of aryl methyl sites for hydroxylation is 2. The molecule has 0 bridgehead atoms. The minimum absolute atomic E-state index is 0.114. The summed E-state index contributed by atoms with van der Waals surface area (Å²) in [5.41, 5.74) is 1.04. The lowest BCUT2D eigenvalue weighted by atomic mass is 10.2. The van der Waals surface area contributed by atoms with Gasteiger partial charge in [0.1, 0.15) is 12.5 Å². The standard InChI is InChI=1S/C13H14F3N3/c1-9-7-18-19(6-5-14)13(9)17-8-10-3-2-4-11(15)12(10)16/h2-4,7,17H,5-6,8H2,1H3. The molecule has 0 saturated carbocycles. The molecule has 0 aliphatic heterocycles. The van der Waals surface area contributed by atoms with E-state index in [0.29, 0.717) is 5.82 Å². The molecule has 3 nitrogen and oxygen atoms in total. The van der Waals surface area contributed by atoms with E-state index < -0.39 is 18.3 Å². The summed E-state index contributed by atoms with van der Waals surface area (Å²) in [4.78, 5) is 0. The molecule has 0 spiro atoms. The van der Waals surface area contributed by atoms with Crippen LogP contribution in [-0.2, 0) is 13.1 Å². The molecule has 102 valence electrons. The molecule has 1 aromatic heterocycles. The van der Waals surface area contributed by atoms with E-state index in [1.807, 2.05) is 6.92 Å². The fourth-order valence-electron chi connectivity index (χ4n) is 1.82. The van der Waals surface area contributed by atoms with Crippen LogP contribution in [0.15, 0.2) is 24.4 Å². The van der Waals surface area contributed by atoms with Crippen molar-refractivity contribution in [2.45, 2.75) is 20.0 Å². The highest BCUT2D eigenvalue weighted by molar-refractivity contribution is 5.43. The van der Waals surface area contributed by atoms with Crippen LogP contribution in [0.25, 0.3) is 0 Å². The van der Waals surface area contributed by atoms with Gasteiger partial charge in [0.15, 0.2) is 11.6 Å². The lowest BCUT2D eigenvalue weighted by Crippen LogP contribution is -2.11. The Balaban J connectivity index is 2.14. The van der Waals surface area contributed by atoms with Crippen molar-refractivity contribution in [1.82, 2.24) is 9.78 Å². The SMILES string of the molecule is Cc1cnn(CCF)c1NCc1cccc(F)c1F. The molecule has 0 aliphatic rings. The van der Waals surface area contributed by atoms with Gasteiger partial charge in [-0.05, 0) is 13.0 Å². The Labute approximate surface area is 109 Å². The number of anilines is 1. The van der Waals surface area contributed by atoms with Crippen LogP contribution in [0.5, 0.6) is 0 Å². The fraction of sp³-hybridized carbons (Fsp3) is 0.308. The number of aromatic nitrogens is 2. The summed E-state index contributed by atoms with van der Waals surface area (Å²) in [6.07, 6.45) is 1.60. The first-order chi connectivity index (χ1) is 9.13. The zero-order chi connectivity index (χ0) is 13.8. The summed E-state index contributed by atoms with van der Waals surface area (Å²) in [6, 6.07) is 4.01. The fourth-order valence-corrected chi connectivity index (χ4v) is 1.82. The molecular formula is C13H14F3N3. The van der Waals surface area contributed by atoms with E-state index >= 15 is 0 Å². The maximum atomic E-state index is 13.5. The molecule has 2 rings (SSSR count). The lowest BCUT2D eigenvalue weighted by Gasteiger charge is -2.10. The third-order valence-corrected chi connectivity index (χ3v) is 2.80. The van der Waals surface area contributed by atoms with Gasteiger partial charge in [-0.15, -0.1) is 0 Å². The van der Waals surface area contributed by atoms with E-state index in [9.17, 15) is 13.2 Å². The third-order valence-electron chi connectivity index (χ3n) is 2.80. The predicted octanol–water partition coefficient (Wildman–Crippen LogP) is 3.05. The number of hydrogen-bond donors (Lipinski definition) is 1. The van der Waals surface area contributed by atoms with Gasteiger partial charge in [0.05, 0.1) is 12.7 Å². The molecule has 6 heteroatoms. The Morgan fingerprint density at radius 1 is 1.32 bits per heavy atom. The second kappa shape index (κ2) is 5.77. The number of hydrogen-bond acceptors (Lipinski definition) is 2. The van der Waals surface area contributed by atoms with Gasteiger partial charge in [-0.2, -0.15) is 5.10 Å². The molecular weight excluding hydrogens is 255 g/mol. The monoisotopic (exact) mass is 269 g/mol.